The largest absolute Gasteiger partial charge is 0.493 e. The van der Waals surface area contributed by atoms with Gasteiger partial charge < -0.3 is 14.4 Å². The Hall–Kier alpha value is -3.86. The number of para-hydroxylation sites is 1. The molecule has 0 amide bonds. The van der Waals surface area contributed by atoms with E-state index in [1.54, 1.807) is 14.2 Å². The van der Waals surface area contributed by atoms with Crippen molar-refractivity contribution in [1.29, 1.82) is 0 Å². The van der Waals surface area contributed by atoms with Crippen LogP contribution in [0.3, 0.4) is 0 Å². The molecule has 1 aromatic heterocycles. The van der Waals surface area contributed by atoms with Crippen LogP contribution in [0.4, 0.5) is 5.95 Å². The Morgan fingerprint density at radius 1 is 0.938 bits per heavy atom. The maximum absolute atomic E-state index is 5.64. The quantitative estimate of drug-likeness (QED) is 0.333. The SMILES string of the molecule is C=CCN(Cc1cccc(OC)c1OC)c1nc(-c2ccccc2)c2cc(C)ccc2n1. The Kier molecular flexibility index (Phi) is 6.36. The maximum Gasteiger partial charge on any atom is 0.227 e. The summed E-state index contributed by atoms with van der Waals surface area (Å²) in [6.07, 6.45) is 1.86. The van der Waals surface area contributed by atoms with Crippen molar-refractivity contribution in [3.63, 3.8) is 0 Å². The molecule has 0 bridgehead atoms. The minimum absolute atomic E-state index is 0.554. The van der Waals surface area contributed by atoms with Crippen LogP contribution in [0.1, 0.15) is 11.1 Å². The summed E-state index contributed by atoms with van der Waals surface area (Å²) in [5, 5.41) is 1.04. The van der Waals surface area contributed by atoms with Gasteiger partial charge >= 0.3 is 0 Å². The van der Waals surface area contributed by atoms with E-state index in [0.29, 0.717) is 30.5 Å². The lowest BCUT2D eigenvalue weighted by atomic mass is 10.0. The zero-order valence-corrected chi connectivity index (χ0v) is 18.7. The summed E-state index contributed by atoms with van der Waals surface area (Å²) in [7, 11) is 3.30. The monoisotopic (exact) mass is 425 g/mol. The Morgan fingerprint density at radius 3 is 2.47 bits per heavy atom. The molecule has 0 radical (unpaired) electrons. The van der Waals surface area contributed by atoms with Crippen LogP contribution in [-0.4, -0.2) is 30.7 Å². The Balaban J connectivity index is 1.85. The van der Waals surface area contributed by atoms with Gasteiger partial charge in [-0.05, 0) is 25.1 Å². The van der Waals surface area contributed by atoms with Gasteiger partial charge in [0.25, 0.3) is 0 Å². The number of ether oxygens (including phenoxy) is 2. The summed E-state index contributed by atoms with van der Waals surface area (Å²) in [4.78, 5) is 12.0. The number of rotatable bonds is 8. The van der Waals surface area contributed by atoms with Gasteiger partial charge in [0.15, 0.2) is 11.5 Å². The highest BCUT2D eigenvalue weighted by molar-refractivity contribution is 5.93. The lowest BCUT2D eigenvalue weighted by Gasteiger charge is -2.24. The topological polar surface area (TPSA) is 47.5 Å². The summed E-state index contributed by atoms with van der Waals surface area (Å²) in [6.45, 7) is 7.17. The van der Waals surface area contributed by atoms with Crippen LogP contribution in [0, 0.1) is 6.92 Å². The molecule has 4 aromatic rings. The fourth-order valence-corrected chi connectivity index (χ4v) is 3.84. The smallest absolute Gasteiger partial charge is 0.227 e. The molecular weight excluding hydrogens is 398 g/mol. The van der Waals surface area contributed by atoms with Crippen molar-refractivity contribution in [3.8, 4) is 22.8 Å². The van der Waals surface area contributed by atoms with Crippen molar-refractivity contribution >= 4 is 16.9 Å². The van der Waals surface area contributed by atoms with E-state index in [-0.39, 0.29) is 0 Å². The minimum atomic E-state index is 0.554. The Labute approximate surface area is 189 Å². The minimum Gasteiger partial charge on any atom is -0.493 e. The number of fused-ring (bicyclic) bond motifs is 1. The van der Waals surface area contributed by atoms with Crippen LogP contribution < -0.4 is 14.4 Å². The molecule has 0 saturated carbocycles. The Morgan fingerprint density at radius 2 is 1.75 bits per heavy atom. The molecule has 3 aromatic carbocycles. The summed E-state index contributed by atoms with van der Waals surface area (Å²) < 4.78 is 11.1. The number of hydrogen-bond acceptors (Lipinski definition) is 5. The van der Waals surface area contributed by atoms with E-state index < -0.39 is 0 Å². The predicted molar refractivity (Wildman–Crippen MR) is 131 cm³/mol. The van der Waals surface area contributed by atoms with Crippen LogP contribution in [-0.2, 0) is 6.54 Å². The molecule has 0 aliphatic heterocycles. The molecule has 0 unspecified atom stereocenters. The number of anilines is 1. The molecule has 0 aliphatic rings. The van der Waals surface area contributed by atoms with Crippen LogP contribution in [0.5, 0.6) is 11.5 Å². The summed E-state index contributed by atoms with van der Waals surface area (Å²) >= 11 is 0. The first-order valence-corrected chi connectivity index (χ1v) is 10.5. The second-order valence-electron chi connectivity index (χ2n) is 7.58. The Bertz CT molecular complexity index is 1240. The van der Waals surface area contributed by atoms with Gasteiger partial charge in [0.2, 0.25) is 5.95 Å². The highest BCUT2D eigenvalue weighted by Crippen LogP contribution is 2.33. The van der Waals surface area contributed by atoms with Crippen LogP contribution in [0.15, 0.2) is 79.4 Å². The molecule has 0 N–H and O–H groups in total. The summed E-state index contributed by atoms with van der Waals surface area (Å²) in [5.74, 6) is 2.05. The third kappa shape index (κ3) is 4.28. The third-order valence-corrected chi connectivity index (χ3v) is 5.36. The molecule has 5 heteroatoms. The van der Waals surface area contributed by atoms with Gasteiger partial charge in [-0.2, -0.15) is 0 Å². The van der Waals surface area contributed by atoms with Crippen LogP contribution in [0.2, 0.25) is 0 Å². The average molecular weight is 426 g/mol. The van der Waals surface area contributed by atoms with Crippen molar-refractivity contribution in [2.45, 2.75) is 13.5 Å². The predicted octanol–water partition coefficient (Wildman–Crippen LogP) is 5.82. The molecule has 0 saturated heterocycles. The van der Waals surface area contributed by atoms with Gasteiger partial charge in [0.05, 0.1) is 25.4 Å². The van der Waals surface area contributed by atoms with Crippen LogP contribution >= 0.6 is 0 Å². The second-order valence-corrected chi connectivity index (χ2v) is 7.58. The van der Waals surface area contributed by atoms with E-state index in [2.05, 4.69) is 48.7 Å². The van der Waals surface area contributed by atoms with Gasteiger partial charge in [-0.3, -0.25) is 0 Å². The highest BCUT2D eigenvalue weighted by atomic mass is 16.5. The molecule has 5 nitrogen and oxygen atoms in total. The highest BCUT2D eigenvalue weighted by Gasteiger charge is 2.18. The summed E-state index contributed by atoms with van der Waals surface area (Å²) in [6, 6.07) is 22.4. The van der Waals surface area contributed by atoms with Gasteiger partial charge in [0, 0.05) is 29.6 Å². The van der Waals surface area contributed by atoms with E-state index >= 15 is 0 Å². The number of nitrogens with zero attached hydrogens (tertiary/aromatic N) is 3. The lowest BCUT2D eigenvalue weighted by Crippen LogP contribution is -2.25. The average Bonchev–Trinajstić information content (AvgIpc) is 2.83. The molecule has 0 aliphatic carbocycles. The van der Waals surface area contributed by atoms with Crippen molar-refractivity contribution in [2.75, 3.05) is 25.7 Å². The van der Waals surface area contributed by atoms with Crippen LogP contribution in [0.25, 0.3) is 22.2 Å². The summed E-state index contributed by atoms with van der Waals surface area (Å²) in [5.41, 5.74) is 5.05. The van der Waals surface area contributed by atoms with Crippen molar-refractivity contribution in [3.05, 3.63) is 90.5 Å². The first-order chi connectivity index (χ1) is 15.6. The number of aromatic nitrogens is 2. The molecule has 4 rings (SSSR count). The second kappa shape index (κ2) is 9.52. The third-order valence-electron chi connectivity index (χ3n) is 5.36. The van der Waals surface area contributed by atoms with E-state index in [4.69, 9.17) is 19.4 Å². The van der Waals surface area contributed by atoms with Gasteiger partial charge in [0.1, 0.15) is 0 Å². The first-order valence-electron chi connectivity index (χ1n) is 10.5. The maximum atomic E-state index is 5.64. The standard InChI is InChI=1S/C27H27N3O2/c1-5-16-30(18-21-12-9-13-24(31-3)26(21)32-4)27-28-23-15-14-19(2)17-22(23)25(29-27)20-10-7-6-8-11-20/h5-15,17H,1,16,18H2,2-4H3. The molecule has 162 valence electrons. The lowest BCUT2D eigenvalue weighted by molar-refractivity contribution is 0.351. The molecule has 0 spiro atoms. The normalized spacial score (nSPS) is 10.7. The molecule has 0 atom stereocenters. The molecular formula is C27H27N3O2. The fourth-order valence-electron chi connectivity index (χ4n) is 3.84. The first kappa shape index (κ1) is 21.4. The van der Waals surface area contributed by atoms with Gasteiger partial charge in [-0.25, -0.2) is 9.97 Å². The van der Waals surface area contributed by atoms with E-state index in [0.717, 1.165) is 27.7 Å². The van der Waals surface area contributed by atoms with Crippen molar-refractivity contribution < 1.29 is 9.47 Å². The number of benzene rings is 3. The van der Waals surface area contributed by atoms with E-state index in [9.17, 15) is 0 Å². The fraction of sp³-hybridized carbons (Fsp3) is 0.185. The number of hydrogen-bond donors (Lipinski definition) is 0. The molecule has 0 fully saturated rings. The molecule has 32 heavy (non-hydrogen) atoms. The zero-order valence-electron chi connectivity index (χ0n) is 18.7. The molecule has 1 heterocycles. The van der Waals surface area contributed by atoms with E-state index in [1.165, 1.54) is 5.56 Å². The zero-order chi connectivity index (χ0) is 22.5. The van der Waals surface area contributed by atoms with Crippen molar-refractivity contribution in [1.82, 2.24) is 9.97 Å². The van der Waals surface area contributed by atoms with Gasteiger partial charge in [-0.1, -0.05) is 60.2 Å². The number of aryl methyl sites for hydroxylation is 1. The van der Waals surface area contributed by atoms with Gasteiger partial charge in [-0.15, -0.1) is 6.58 Å². The van der Waals surface area contributed by atoms with Crippen molar-refractivity contribution in [2.24, 2.45) is 0 Å². The number of methoxy groups -OCH3 is 2. The van der Waals surface area contributed by atoms with E-state index in [1.807, 2.05) is 42.5 Å².